The molecular formula is C13H14N2O. The molecular weight excluding hydrogens is 200 g/mol. The highest BCUT2D eigenvalue weighted by Gasteiger charge is 2.08. The van der Waals surface area contributed by atoms with Crippen LogP contribution in [0.1, 0.15) is 21.6 Å². The normalized spacial score (nSPS) is 10.4. The van der Waals surface area contributed by atoms with Crippen LogP contribution in [0.4, 0.5) is 0 Å². The summed E-state index contributed by atoms with van der Waals surface area (Å²) in [7, 11) is 1.85. The molecule has 0 bridgehead atoms. The first-order valence-corrected chi connectivity index (χ1v) is 5.23. The zero-order valence-electron chi connectivity index (χ0n) is 9.47. The predicted molar refractivity (Wildman–Crippen MR) is 62.4 cm³/mol. The molecule has 1 heterocycles. The summed E-state index contributed by atoms with van der Waals surface area (Å²) in [4.78, 5) is 11.9. The lowest BCUT2D eigenvalue weighted by atomic mass is 10.0. The van der Waals surface area contributed by atoms with Crippen LogP contribution in [0, 0.1) is 6.92 Å². The monoisotopic (exact) mass is 214 g/mol. The van der Waals surface area contributed by atoms with Crippen LogP contribution >= 0.6 is 0 Å². The van der Waals surface area contributed by atoms with E-state index in [1.165, 1.54) is 0 Å². The summed E-state index contributed by atoms with van der Waals surface area (Å²) in [5, 5.41) is 4.19. The van der Waals surface area contributed by atoms with Crippen molar-refractivity contribution in [2.24, 2.45) is 7.05 Å². The van der Waals surface area contributed by atoms with Crippen LogP contribution in [-0.2, 0) is 13.5 Å². The number of rotatable bonds is 3. The van der Waals surface area contributed by atoms with E-state index in [2.05, 4.69) is 5.10 Å². The maximum Gasteiger partial charge on any atom is 0.168 e. The van der Waals surface area contributed by atoms with Gasteiger partial charge in [0.2, 0.25) is 0 Å². The Kier molecular flexibility index (Phi) is 2.86. The number of nitrogens with zero attached hydrogens (tertiary/aromatic N) is 2. The number of carbonyl (C=O) groups excluding carboxylic acids is 1. The highest BCUT2D eigenvalue weighted by molar-refractivity contribution is 5.97. The van der Waals surface area contributed by atoms with Crippen LogP contribution in [-0.4, -0.2) is 15.6 Å². The molecule has 0 saturated heterocycles. The molecule has 0 spiro atoms. The summed E-state index contributed by atoms with van der Waals surface area (Å²) < 4.78 is 1.71. The van der Waals surface area contributed by atoms with Gasteiger partial charge < -0.3 is 0 Å². The molecule has 1 aromatic heterocycles. The van der Waals surface area contributed by atoms with Crippen molar-refractivity contribution in [3.8, 4) is 0 Å². The minimum Gasteiger partial charge on any atom is -0.294 e. The molecule has 0 aliphatic heterocycles. The quantitative estimate of drug-likeness (QED) is 0.734. The summed E-state index contributed by atoms with van der Waals surface area (Å²) in [5.41, 5.74) is 2.67. The first-order chi connectivity index (χ1) is 7.65. The molecule has 16 heavy (non-hydrogen) atoms. The van der Waals surface area contributed by atoms with E-state index in [0.29, 0.717) is 6.42 Å². The van der Waals surface area contributed by atoms with Gasteiger partial charge in [-0.1, -0.05) is 23.8 Å². The number of aromatic nitrogens is 2. The van der Waals surface area contributed by atoms with Crippen molar-refractivity contribution in [1.29, 1.82) is 0 Å². The van der Waals surface area contributed by atoms with Crippen molar-refractivity contribution in [3.05, 3.63) is 53.3 Å². The average molecular weight is 214 g/mol. The summed E-state index contributed by atoms with van der Waals surface area (Å²) >= 11 is 0. The molecule has 0 amide bonds. The van der Waals surface area contributed by atoms with Crippen molar-refractivity contribution in [3.63, 3.8) is 0 Å². The Morgan fingerprint density at radius 2 is 2.19 bits per heavy atom. The molecule has 2 rings (SSSR count). The third kappa shape index (κ3) is 2.37. The van der Waals surface area contributed by atoms with Crippen LogP contribution in [0.25, 0.3) is 0 Å². The molecule has 0 radical (unpaired) electrons. The zero-order valence-corrected chi connectivity index (χ0v) is 9.47. The molecule has 0 unspecified atom stereocenters. The minimum absolute atomic E-state index is 0.113. The average Bonchev–Trinajstić information content (AvgIpc) is 2.64. The standard InChI is InChI=1S/C13H14N2O/c1-10-4-3-5-11(8-10)13(16)9-12-6-7-15(2)14-12/h3-8H,9H2,1-2H3. The SMILES string of the molecule is Cc1cccc(C(=O)Cc2ccn(C)n2)c1. The maximum absolute atomic E-state index is 11.9. The van der Waals surface area contributed by atoms with Crippen molar-refractivity contribution in [2.45, 2.75) is 13.3 Å². The maximum atomic E-state index is 11.9. The van der Waals surface area contributed by atoms with E-state index in [4.69, 9.17) is 0 Å². The highest BCUT2D eigenvalue weighted by atomic mass is 16.1. The molecule has 0 N–H and O–H groups in total. The van der Waals surface area contributed by atoms with Crippen LogP contribution in [0.3, 0.4) is 0 Å². The van der Waals surface area contributed by atoms with E-state index in [9.17, 15) is 4.79 Å². The lowest BCUT2D eigenvalue weighted by Gasteiger charge is -2.00. The molecule has 0 aliphatic carbocycles. The molecule has 0 fully saturated rings. The lowest BCUT2D eigenvalue weighted by molar-refractivity contribution is 0.0991. The lowest BCUT2D eigenvalue weighted by Crippen LogP contribution is -2.04. The number of aryl methyl sites for hydroxylation is 2. The first kappa shape index (κ1) is 10.6. The van der Waals surface area contributed by atoms with Gasteiger partial charge in [-0.25, -0.2) is 0 Å². The van der Waals surface area contributed by atoms with E-state index >= 15 is 0 Å². The van der Waals surface area contributed by atoms with Gasteiger partial charge in [0.25, 0.3) is 0 Å². The van der Waals surface area contributed by atoms with Crippen LogP contribution < -0.4 is 0 Å². The van der Waals surface area contributed by atoms with E-state index in [0.717, 1.165) is 16.8 Å². The van der Waals surface area contributed by atoms with Crippen molar-refractivity contribution >= 4 is 5.78 Å². The van der Waals surface area contributed by atoms with Crippen molar-refractivity contribution < 1.29 is 4.79 Å². The Morgan fingerprint density at radius 3 is 2.81 bits per heavy atom. The number of benzene rings is 1. The van der Waals surface area contributed by atoms with Gasteiger partial charge in [-0.3, -0.25) is 9.48 Å². The number of ketones is 1. The fourth-order valence-electron chi connectivity index (χ4n) is 1.64. The molecule has 1 aromatic carbocycles. The first-order valence-electron chi connectivity index (χ1n) is 5.23. The second-order valence-electron chi connectivity index (χ2n) is 3.95. The fourth-order valence-corrected chi connectivity index (χ4v) is 1.64. The number of Topliss-reactive ketones (excluding diaryl/α,β-unsaturated/α-hetero) is 1. The Balaban J connectivity index is 2.14. The third-order valence-corrected chi connectivity index (χ3v) is 2.45. The van der Waals surface area contributed by atoms with Gasteiger partial charge in [0.1, 0.15) is 0 Å². The van der Waals surface area contributed by atoms with E-state index < -0.39 is 0 Å². The Morgan fingerprint density at radius 1 is 1.38 bits per heavy atom. The second kappa shape index (κ2) is 4.31. The molecule has 0 saturated carbocycles. The van der Waals surface area contributed by atoms with Gasteiger partial charge in [-0.05, 0) is 19.1 Å². The van der Waals surface area contributed by atoms with Gasteiger partial charge in [-0.15, -0.1) is 0 Å². The van der Waals surface area contributed by atoms with Gasteiger partial charge in [0.05, 0.1) is 12.1 Å². The summed E-state index contributed by atoms with van der Waals surface area (Å²) in [6.45, 7) is 1.98. The van der Waals surface area contributed by atoms with Gasteiger partial charge in [0.15, 0.2) is 5.78 Å². The Hall–Kier alpha value is -1.90. The third-order valence-electron chi connectivity index (χ3n) is 2.45. The Bertz CT molecular complexity index is 514. The molecule has 0 atom stereocenters. The Labute approximate surface area is 94.7 Å². The fraction of sp³-hybridized carbons (Fsp3) is 0.231. The van der Waals surface area contributed by atoms with E-state index in [1.807, 2.05) is 50.5 Å². The van der Waals surface area contributed by atoms with Crippen LogP contribution in [0.15, 0.2) is 36.5 Å². The number of carbonyl (C=O) groups is 1. The van der Waals surface area contributed by atoms with Crippen molar-refractivity contribution in [2.75, 3.05) is 0 Å². The van der Waals surface area contributed by atoms with E-state index in [1.54, 1.807) is 4.68 Å². The van der Waals surface area contributed by atoms with Gasteiger partial charge in [-0.2, -0.15) is 5.10 Å². The largest absolute Gasteiger partial charge is 0.294 e. The van der Waals surface area contributed by atoms with Crippen LogP contribution in [0.2, 0.25) is 0 Å². The highest BCUT2D eigenvalue weighted by Crippen LogP contribution is 2.08. The topological polar surface area (TPSA) is 34.9 Å². The summed E-state index contributed by atoms with van der Waals surface area (Å²) in [5.74, 6) is 0.113. The molecule has 3 nitrogen and oxygen atoms in total. The minimum atomic E-state index is 0.113. The predicted octanol–water partition coefficient (Wildman–Crippen LogP) is 2.15. The summed E-state index contributed by atoms with van der Waals surface area (Å²) in [6, 6.07) is 9.51. The molecule has 3 heteroatoms. The number of hydrogen-bond donors (Lipinski definition) is 0. The molecule has 82 valence electrons. The van der Waals surface area contributed by atoms with Gasteiger partial charge in [0, 0.05) is 18.8 Å². The van der Waals surface area contributed by atoms with Crippen LogP contribution in [0.5, 0.6) is 0 Å². The van der Waals surface area contributed by atoms with Crippen molar-refractivity contribution in [1.82, 2.24) is 9.78 Å². The number of hydrogen-bond acceptors (Lipinski definition) is 2. The molecule has 2 aromatic rings. The van der Waals surface area contributed by atoms with Gasteiger partial charge >= 0.3 is 0 Å². The molecule has 0 aliphatic rings. The second-order valence-corrected chi connectivity index (χ2v) is 3.95. The van der Waals surface area contributed by atoms with E-state index in [-0.39, 0.29) is 5.78 Å². The summed E-state index contributed by atoms with van der Waals surface area (Å²) in [6.07, 6.45) is 2.21. The zero-order chi connectivity index (χ0) is 11.5. The smallest absolute Gasteiger partial charge is 0.168 e.